The first-order valence-electron chi connectivity index (χ1n) is 5.53. The van der Waals surface area contributed by atoms with E-state index in [0.717, 1.165) is 10.2 Å². The maximum Gasteiger partial charge on any atom is 0.251 e. The molecule has 0 radical (unpaired) electrons. The Balaban J connectivity index is 1.98. The topological polar surface area (TPSA) is 63.2 Å². The molecule has 0 saturated carbocycles. The number of fused-ring (bicyclic) bond motifs is 1. The number of ether oxygens (including phenoxy) is 1. The molecule has 0 atom stereocenters. The van der Waals surface area contributed by atoms with Crippen molar-refractivity contribution < 1.29 is 9.53 Å². The molecule has 0 unspecified atom stereocenters. The number of nitrogens with zero attached hydrogens (tertiary/aromatic N) is 1. The second kappa shape index (κ2) is 3.96. The van der Waals surface area contributed by atoms with Crippen LogP contribution in [0.3, 0.4) is 0 Å². The number of hydrogen-bond acceptors (Lipinski definition) is 4. The van der Waals surface area contributed by atoms with Gasteiger partial charge in [0.15, 0.2) is 5.82 Å². The lowest BCUT2D eigenvalue weighted by molar-refractivity contribution is -0.123. The Hall–Kier alpha value is -1.14. The average Bonchev–Trinajstić information content (AvgIpc) is 2.32. The maximum absolute atomic E-state index is 12.1. The Morgan fingerprint density at radius 1 is 1.41 bits per heavy atom. The van der Waals surface area contributed by atoms with Crippen LogP contribution in [0.4, 0.5) is 11.5 Å². The summed E-state index contributed by atoms with van der Waals surface area (Å²) < 4.78 is 6.20. The van der Waals surface area contributed by atoms with Crippen LogP contribution in [-0.2, 0) is 9.53 Å². The van der Waals surface area contributed by atoms with E-state index in [0.29, 0.717) is 31.9 Å². The molecule has 0 aromatic carbocycles. The molecule has 2 N–H and O–H groups in total. The molecule has 1 saturated heterocycles. The van der Waals surface area contributed by atoms with Gasteiger partial charge in [0.2, 0.25) is 0 Å². The quantitative estimate of drug-likeness (QED) is 0.766. The van der Waals surface area contributed by atoms with Gasteiger partial charge in [0, 0.05) is 36.7 Å². The Kier molecular flexibility index (Phi) is 2.56. The fourth-order valence-corrected chi connectivity index (χ4v) is 2.58. The number of anilines is 2. The summed E-state index contributed by atoms with van der Waals surface area (Å²) in [7, 11) is 0. The average molecular weight is 298 g/mol. The number of carbonyl (C=O) groups is 1. The first-order valence-corrected chi connectivity index (χ1v) is 6.32. The van der Waals surface area contributed by atoms with Gasteiger partial charge in [-0.05, 0) is 22.0 Å². The molecular weight excluding hydrogens is 286 g/mol. The van der Waals surface area contributed by atoms with Gasteiger partial charge in [0.05, 0.1) is 5.69 Å². The molecule has 0 bridgehead atoms. The van der Waals surface area contributed by atoms with Crippen LogP contribution in [0.15, 0.2) is 16.7 Å². The van der Waals surface area contributed by atoms with Crippen LogP contribution in [0.2, 0.25) is 0 Å². The molecule has 1 aromatic rings. The molecule has 1 aromatic heterocycles. The third-order valence-corrected chi connectivity index (χ3v) is 3.67. The minimum absolute atomic E-state index is 0.0110. The van der Waals surface area contributed by atoms with Crippen molar-refractivity contribution >= 4 is 33.3 Å². The lowest BCUT2D eigenvalue weighted by atomic mass is 9.87. The van der Waals surface area contributed by atoms with Gasteiger partial charge >= 0.3 is 0 Å². The van der Waals surface area contributed by atoms with E-state index in [-0.39, 0.29) is 5.91 Å². The molecule has 2 aliphatic rings. The van der Waals surface area contributed by atoms with Gasteiger partial charge in [-0.3, -0.25) is 4.79 Å². The summed E-state index contributed by atoms with van der Waals surface area (Å²) in [5, 5.41) is 6.18. The van der Waals surface area contributed by atoms with Crippen LogP contribution in [-0.4, -0.2) is 29.6 Å². The highest BCUT2D eigenvalue weighted by Gasteiger charge is 2.43. The van der Waals surface area contributed by atoms with Crippen molar-refractivity contribution in [2.45, 2.75) is 18.4 Å². The zero-order chi connectivity index (χ0) is 11.9. The van der Waals surface area contributed by atoms with E-state index in [1.165, 1.54) is 0 Å². The normalized spacial score (nSPS) is 21.6. The van der Waals surface area contributed by atoms with Crippen LogP contribution < -0.4 is 10.6 Å². The van der Waals surface area contributed by atoms with Crippen molar-refractivity contribution in [3.8, 4) is 0 Å². The summed E-state index contributed by atoms with van der Waals surface area (Å²) in [5.41, 5.74) is 0.328. The van der Waals surface area contributed by atoms with Gasteiger partial charge in [-0.1, -0.05) is 0 Å². The number of pyridine rings is 1. The van der Waals surface area contributed by atoms with Crippen molar-refractivity contribution in [2.75, 3.05) is 23.8 Å². The molecule has 0 aliphatic carbocycles. The Morgan fingerprint density at radius 2 is 2.18 bits per heavy atom. The van der Waals surface area contributed by atoms with E-state index >= 15 is 0 Å². The number of hydrogen-bond donors (Lipinski definition) is 2. The maximum atomic E-state index is 12.1. The highest BCUT2D eigenvalue weighted by molar-refractivity contribution is 9.10. The number of rotatable bonds is 0. The van der Waals surface area contributed by atoms with Crippen LogP contribution in [0, 0.1) is 0 Å². The predicted octanol–water partition coefficient (Wildman–Crippen LogP) is 1.76. The van der Waals surface area contributed by atoms with Crippen LogP contribution in [0.5, 0.6) is 0 Å². The van der Waals surface area contributed by atoms with Gasteiger partial charge in [0.1, 0.15) is 5.54 Å². The number of amides is 1. The van der Waals surface area contributed by atoms with E-state index in [4.69, 9.17) is 4.74 Å². The van der Waals surface area contributed by atoms with Gasteiger partial charge in [-0.2, -0.15) is 0 Å². The fraction of sp³-hybridized carbons (Fsp3) is 0.455. The molecule has 3 rings (SSSR count). The Bertz CT molecular complexity index is 472. The minimum atomic E-state index is -0.534. The SMILES string of the molecule is O=C1Nc2ncc(Br)cc2NC12CCOCC2. The molecule has 2 aliphatic heterocycles. The van der Waals surface area contributed by atoms with E-state index in [2.05, 4.69) is 31.5 Å². The highest BCUT2D eigenvalue weighted by atomic mass is 79.9. The fourth-order valence-electron chi connectivity index (χ4n) is 2.25. The van der Waals surface area contributed by atoms with E-state index in [9.17, 15) is 4.79 Å². The zero-order valence-electron chi connectivity index (χ0n) is 9.12. The molecule has 1 amide bonds. The standard InChI is InChI=1S/C11H12BrN3O2/c12-7-5-8-9(13-6-7)14-10(16)11(15-8)1-3-17-4-2-11/h5-6,15H,1-4H2,(H,13,14,16). The smallest absolute Gasteiger partial charge is 0.251 e. The second-order valence-electron chi connectivity index (χ2n) is 4.32. The minimum Gasteiger partial charge on any atom is -0.381 e. The number of carbonyl (C=O) groups excluding carboxylic acids is 1. The summed E-state index contributed by atoms with van der Waals surface area (Å²) >= 11 is 3.38. The van der Waals surface area contributed by atoms with Gasteiger partial charge < -0.3 is 15.4 Å². The van der Waals surface area contributed by atoms with Crippen LogP contribution in [0.25, 0.3) is 0 Å². The van der Waals surface area contributed by atoms with Crippen LogP contribution in [0.1, 0.15) is 12.8 Å². The third-order valence-electron chi connectivity index (χ3n) is 3.24. The van der Waals surface area contributed by atoms with Crippen molar-refractivity contribution in [3.05, 3.63) is 16.7 Å². The first kappa shape index (κ1) is 11.0. The summed E-state index contributed by atoms with van der Waals surface area (Å²) in [6.45, 7) is 1.22. The number of halogens is 1. The summed E-state index contributed by atoms with van der Waals surface area (Å²) in [5.74, 6) is 0.582. The molecule has 1 fully saturated rings. The molecular formula is C11H12BrN3O2. The number of aromatic nitrogens is 1. The molecule has 90 valence electrons. The van der Waals surface area contributed by atoms with E-state index in [1.807, 2.05) is 6.07 Å². The van der Waals surface area contributed by atoms with Crippen molar-refractivity contribution in [1.29, 1.82) is 0 Å². The third kappa shape index (κ3) is 1.81. The highest BCUT2D eigenvalue weighted by Crippen LogP contribution is 2.35. The molecule has 6 heteroatoms. The van der Waals surface area contributed by atoms with Gasteiger partial charge in [0.25, 0.3) is 5.91 Å². The van der Waals surface area contributed by atoms with E-state index < -0.39 is 5.54 Å². The number of nitrogens with one attached hydrogen (secondary N) is 2. The van der Waals surface area contributed by atoms with E-state index in [1.54, 1.807) is 6.20 Å². The largest absolute Gasteiger partial charge is 0.381 e. The lowest BCUT2D eigenvalue weighted by Crippen LogP contribution is -2.55. The molecule has 5 nitrogen and oxygen atoms in total. The van der Waals surface area contributed by atoms with Crippen molar-refractivity contribution in [2.24, 2.45) is 0 Å². The predicted molar refractivity (Wildman–Crippen MR) is 67.0 cm³/mol. The zero-order valence-corrected chi connectivity index (χ0v) is 10.7. The molecule has 1 spiro atoms. The monoisotopic (exact) mass is 297 g/mol. The second-order valence-corrected chi connectivity index (χ2v) is 5.24. The molecule has 17 heavy (non-hydrogen) atoms. The Labute approximate surface area is 107 Å². The molecule has 3 heterocycles. The van der Waals surface area contributed by atoms with Gasteiger partial charge in [-0.15, -0.1) is 0 Å². The van der Waals surface area contributed by atoms with Crippen molar-refractivity contribution in [3.63, 3.8) is 0 Å². The van der Waals surface area contributed by atoms with Gasteiger partial charge in [-0.25, -0.2) is 4.98 Å². The summed E-state index contributed by atoms with van der Waals surface area (Å²) in [6.07, 6.45) is 3.04. The lowest BCUT2D eigenvalue weighted by Gasteiger charge is -2.40. The Morgan fingerprint density at radius 3 is 2.94 bits per heavy atom. The van der Waals surface area contributed by atoms with Crippen LogP contribution >= 0.6 is 15.9 Å². The summed E-state index contributed by atoms with van der Waals surface area (Å²) in [6, 6.07) is 1.93. The van der Waals surface area contributed by atoms with Crippen molar-refractivity contribution in [1.82, 2.24) is 4.98 Å². The first-order chi connectivity index (χ1) is 8.20. The summed E-state index contributed by atoms with van der Waals surface area (Å²) in [4.78, 5) is 16.3.